The third-order valence-corrected chi connectivity index (χ3v) is 12.1. The van der Waals surface area contributed by atoms with Crippen LogP contribution in [0.15, 0.2) is 122 Å². The molecule has 1 aromatic heterocycles. The second kappa shape index (κ2) is 17.0. The Balaban J connectivity index is 1.29. The van der Waals surface area contributed by atoms with E-state index in [1.807, 2.05) is 82.6 Å². The first-order valence-corrected chi connectivity index (χ1v) is 20.5. The van der Waals surface area contributed by atoms with Gasteiger partial charge in [-0.05, 0) is 47.0 Å². The lowest BCUT2D eigenvalue weighted by atomic mass is 9.64. The van der Waals surface area contributed by atoms with Crippen molar-refractivity contribution in [1.82, 2.24) is 25.1 Å². The molecule has 4 amide bonds. The Kier molecular flexibility index (Phi) is 11.0. The van der Waals surface area contributed by atoms with E-state index in [-0.39, 0.29) is 32.8 Å². The number of ether oxygens (including phenoxy) is 2. The number of urea groups is 1. The van der Waals surface area contributed by atoms with Crippen LogP contribution in [0.5, 0.6) is 5.75 Å². The lowest BCUT2D eigenvalue weighted by Gasteiger charge is -2.46. The summed E-state index contributed by atoms with van der Waals surface area (Å²) >= 11 is 0. The Morgan fingerprint density at radius 3 is 2.29 bits per heavy atom. The summed E-state index contributed by atoms with van der Waals surface area (Å²) in [7, 11) is 0. The summed E-state index contributed by atoms with van der Waals surface area (Å²) in [5.74, 6) is 4.08. The quantitative estimate of drug-likeness (QED) is 0.126. The zero-order valence-electron chi connectivity index (χ0n) is 33.6. The molecule has 5 N–H and O–H groups in total. The number of aliphatic hydroxyl groups is 1. The highest BCUT2D eigenvalue weighted by Crippen LogP contribution is 2.66. The van der Waals surface area contributed by atoms with Gasteiger partial charge in [0, 0.05) is 55.4 Å². The molecule has 15 nitrogen and oxygen atoms in total. The Morgan fingerprint density at radius 2 is 1.58 bits per heavy atom. The topological polar surface area (TPSA) is 193 Å². The number of nitrogens with zero attached hydrogens (tertiary/aromatic N) is 5. The van der Waals surface area contributed by atoms with Gasteiger partial charge in [0.1, 0.15) is 29.9 Å². The van der Waals surface area contributed by atoms with Gasteiger partial charge in [0.05, 0.1) is 31.2 Å². The smallest absolute Gasteiger partial charge is 0.324 e. The zero-order chi connectivity index (χ0) is 42.8. The summed E-state index contributed by atoms with van der Waals surface area (Å²) in [5.41, 5.74) is 7.02. The number of carbonyl (C=O) groups is 4. The van der Waals surface area contributed by atoms with Crippen LogP contribution in [-0.2, 0) is 24.5 Å². The fraction of sp³-hybridized carbons (Fsp3) is 0.277. The molecule has 4 aliphatic rings. The highest BCUT2D eigenvalue weighted by molar-refractivity contribution is 6.12. The minimum atomic E-state index is -1.78. The molecule has 0 radical (unpaired) electrons. The van der Waals surface area contributed by atoms with Gasteiger partial charge in [0.25, 0.3) is 0 Å². The lowest BCUT2D eigenvalue weighted by Crippen LogP contribution is -2.58. The number of benzene rings is 4. The summed E-state index contributed by atoms with van der Waals surface area (Å²) in [4.78, 5) is 72.7. The first kappa shape index (κ1) is 40.1. The van der Waals surface area contributed by atoms with Crippen LogP contribution < -0.4 is 26.0 Å². The Labute approximate surface area is 357 Å². The van der Waals surface area contributed by atoms with Gasteiger partial charge in [-0.1, -0.05) is 90.7 Å². The predicted molar refractivity (Wildman–Crippen MR) is 227 cm³/mol. The summed E-state index contributed by atoms with van der Waals surface area (Å²) in [6.45, 7) is 1.04. The molecule has 314 valence electrons. The van der Waals surface area contributed by atoms with Crippen molar-refractivity contribution in [3.05, 3.63) is 149 Å². The molecule has 5 aromatic rings. The molecule has 9 rings (SSSR count). The molecule has 3 fully saturated rings. The molecule has 1 spiro atoms. The normalized spacial score (nSPS) is 24.0. The van der Waals surface area contributed by atoms with Crippen molar-refractivity contribution in [2.75, 3.05) is 56.2 Å². The summed E-state index contributed by atoms with van der Waals surface area (Å²) in [6, 6.07) is 29.7. The van der Waals surface area contributed by atoms with Crippen molar-refractivity contribution in [1.29, 1.82) is 0 Å². The van der Waals surface area contributed by atoms with Gasteiger partial charge >= 0.3 is 12.0 Å². The van der Waals surface area contributed by atoms with Gasteiger partial charge in [0.2, 0.25) is 17.8 Å². The number of amides is 4. The molecule has 4 aromatic carbocycles. The van der Waals surface area contributed by atoms with E-state index in [1.54, 1.807) is 53.7 Å². The first-order chi connectivity index (χ1) is 30.3. The number of primary amides is 1. The van der Waals surface area contributed by atoms with Crippen LogP contribution in [-0.4, -0.2) is 101 Å². The number of nitrogens with one attached hydrogen (secondary N) is 2. The first-order valence-electron chi connectivity index (χ1n) is 20.5. The summed E-state index contributed by atoms with van der Waals surface area (Å²) < 4.78 is 12.8. The third-order valence-electron chi connectivity index (χ3n) is 12.1. The number of nitrogens with two attached hydrogens (primary N) is 1. The van der Waals surface area contributed by atoms with Crippen molar-refractivity contribution >= 4 is 35.5 Å². The number of anilines is 2. The molecule has 0 bridgehead atoms. The van der Waals surface area contributed by atoms with Gasteiger partial charge in [-0.15, -0.1) is 0 Å². The monoisotopic (exact) mass is 832 g/mol. The van der Waals surface area contributed by atoms with E-state index >= 15 is 14.4 Å². The van der Waals surface area contributed by atoms with E-state index in [0.717, 1.165) is 11.1 Å². The number of rotatable bonds is 9. The minimum absolute atomic E-state index is 0.0185. The molecular formula is C47H44N8O7. The number of hydrogen-bond acceptors (Lipinski definition) is 11. The van der Waals surface area contributed by atoms with Crippen molar-refractivity contribution < 1.29 is 33.8 Å². The maximum absolute atomic E-state index is 15.9. The molecule has 4 aliphatic heterocycles. The number of aromatic nitrogens is 2. The van der Waals surface area contributed by atoms with Crippen LogP contribution in [0.2, 0.25) is 0 Å². The summed E-state index contributed by atoms with van der Waals surface area (Å²) in [6.07, 6.45) is 2.49. The maximum Gasteiger partial charge on any atom is 0.324 e. The van der Waals surface area contributed by atoms with Gasteiger partial charge in [-0.3, -0.25) is 19.3 Å². The molecular weight excluding hydrogens is 789 g/mol. The third kappa shape index (κ3) is 7.02. The Morgan fingerprint density at radius 1 is 0.887 bits per heavy atom. The number of fused-ring (bicyclic) bond motifs is 3. The standard InChI is InChI=1S/C47H44N8O7/c48-45(60)49-20-9-11-30-18-19-35-34(29-30)47(44(59)52-35)37(42(57)53-23-25-54(26-24-53)46-50-21-10-22-51-46)39-43(58)62-40(32-14-5-2-6-15-32)38(31-12-3-1-4-13-31)55(39)41(47)33-16-7-8-17-36(33)61-28-27-56/h1-8,10,12-19,21-22,29,37-41,56H,20,23-28H2,(H,52,59)(H3,48,49,60)/t37-,38-,39-,40+,41+,47-/m1/s1. The van der Waals surface area contributed by atoms with Gasteiger partial charge < -0.3 is 40.7 Å². The number of cyclic esters (lactones) is 1. The fourth-order valence-electron chi connectivity index (χ4n) is 9.67. The molecule has 0 unspecified atom stereocenters. The van der Waals surface area contributed by atoms with E-state index < -0.39 is 59.4 Å². The molecule has 0 aliphatic carbocycles. The number of hydrogen-bond donors (Lipinski definition) is 4. The van der Waals surface area contributed by atoms with Crippen molar-refractivity contribution in [3.63, 3.8) is 0 Å². The van der Waals surface area contributed by atoms with Crippen LogP contribution in [0.3, 0.4) is 0 Å². The fourth-order valence-corrected chi connectivity index (χ4v) is 9.67. The van der Waals surface area contributed by atoms with Gasteiger partial charge in [-0.25, -0.2) is 14.8 Å². The number of carbonyl (C=O) groups excluding carboxylic acids is 4. The maximum atomic E-state index is 15.9. The minimum Gasteiger partial charge on any atom is -0.491 e. The van der Waals surface area contributed by atoms with E-state index in [2.05, 4.69) is 32.4 Å². The average Bonchev–Trinajstić information content (AvgIpc) is 3.78. The molecule has 0 saturated carbocycles. The van der Waals surface area contributed by atoms with Gasteiger partial charge in [0.15, 0.2) is 0 Å². The molecule has 62 heavy (non-hydrogen) atoms. The second-order valence-corrected chi connectivity index (χ2v) is 15.5. The second-order valence-electron chi connectivity index (χ2n) is 15.5. The highest BCUT2D eigenvalue weighted by Gasteiger charge is 2.74. The number of esters is 1. The number of aliphatic hydroxyl groups excluding tert-OH is 1. The van der Waals surface area contributed by atoms with Crippen LogP contribution >= 0.6 is 0 Å². The SMILES string of the molecule is NC(=O)NCC#Cc1ccc2c(c1)[C@]1(C(=O)N2)[C@H](c2ccccc2OCCO)N2[C@H](c3ccccc3)[C@H](c3ccccc3)OC(=O)[C@H]2[C@@H]1C(=O)N1CCN(c2ncccn2)CC1. The van der Waals surface area contributed by atoms with Crippen LogP contribution in [0, 0.1) is 17.8 Å². The molecule has 6 atom stereocenters. The van der Waals surface area contributed by atoms with E-state index in [4.69, 9.17) is 15.2 Å². The Hall–Kier alpha value is -7.28. The zero-order valence-corrected chi connectivity index (χ0v) is 33.6. The molecule has 5 heterocycles. The number of morpholine rings is 1. The van der Waals surface area contributed by atoms with Crippen molar-refractivity contribution in [2.24, 2.45) is 11.7 Å². The summed E-state index contributed by atoms with van der Waals surface area (Å²) in [5, 5.41) is 15.6. The lowest BCUT2D eigenvalue weighted by molar-refractivity contribution is -0.179. The molecule has 15 heteroatoms. The Bertz CT molecular complexity index is 2550. The van der Waals surface area contributed by atoms with E-state index in [0.29, 0.717) is 47.2 Å². The highest BCUT2D eigenvalue weighted by atomic mass is 16.6. The van der Waals surface area contributed by atoms with Crippen molar-refractivity contribution in [3.8, 4) is 17.6 Å². The largest absolute Gasteiger partial charge is 0.491 e. The van der Waals surface area contributed by atoms with Crippen LogP contribution in [0.4, 0.5) is 16.4 Å². The average molecular weight is 833 g/mol. The van der Waals surface area contributed by atoms with E-state index in [1.165, 1.54) is 0 Å². The van der Waals surface area contributed by atoms with Crippen LogP contribution in [0.25, 0.3) is 0 Å². The predicted octanol–water partition coefficient (Wildman–Crippen LogP) is 3.49. The number of para-hydroxylation sites is 1. The van der Waals surface area contributed by atoms with E-state index in [9.17, 15) is 9.90 Å². The van der Waals surface area contributed by atoms with Crippen molar-refractivity contribution in [2.45, 2.75) is 29.6 Å². The molecule has 3 saturated heterocycles. The van der Waals surface area contributed by atoms with Crippen LogP contribution in [0.1, 0.15) is 46.0 Å². The number of piperazine rings is 1. The van der Waals surface area contributed by atoms with Gasteiger partial charge in [-0.2, -0.15) is 0 Å².